The summed E-state index contributed by atoms with van der Waals surface area (Å²) < 4.78 is 2.02. The first kappa shape index (κ1) is 16.6. The molecular formula is C19H28N4O2. The van der Waals surface area contributed by atoms with Crippen LogP contribution in [0.4, 0.5) is 0 Å². The van der Waals surface area contributed by atoms with Crippen molar-refractivity contribution in [3.63, 3.8) is 0 Å². The van der Waals surface area contributed by atoms with Crippen LogP contribution < -0.4 is 0 Å². The van der Waals surface area contributed by atoms with Gasteiger partial charge in [0.15, 0.2) is 0 Å². The predicted molar refractivity (Wildman–Crippen MR) is 93.8 cm³/mol. The maximum atomic E-state index is 13.0. The summed E-state index contributed by atoms with van der Waals surface area (Å²) in [7, 11) is 0. The van der Waals surface area contributed by atoms with E-state index in [0.29, 0.717) is 18.9 Å². The number of aromatic nitrogens is 2. The van der Waals surface area contributed by atoms with Gasteiger partial charge in [0, 0.05) is 31.7 Å². The van der Waals surface area contributed by atoms with Crippen LogP contribution in [0.15, 0.2) is 6.07 Å². The second kappa shape index (κ2) is 6.46. The zero-order valence-corrected chi connectivity index (χ0v) is 15.3. The molecule has 6 heteroatoms. The summed E-state index contributed by atoms with van der Waals surface area (Å²) in [5, 5.41) is 4.55. The van der Waals surface area contributed by atoms with Crippen molar-refractivity contribution in [1.29, 1.82) is 0 Å². The number of rotatable bonds is 5. The minimum atomic E-state index is -0.146. The van der Waals surface area contributed by atoms with Gasteiger partial charge in [-0.2, -0.15) is 5.10 Å². The summed E-state index contributed by atoms with van der Waals surface area (Å²) in [6.07, 6.45) is 4.94. The highest BCUT2D eigenvalue weighted by molar-refractivity contribution is 5.89. The molecule has 2 saturated heterocycles. The van der Waals surface area contributed by atoms with Gasteiger partial charge in [0.25, 0.3) is 0 Å². The smallest absolute Gasteiger partial charge is 0.228 e. The molecule has 0 radical (unpaired) electrons. The third-order valence-corrected chi connectivity index (χ3v) is 5.89. The molecule has 25 heavy (non-hydrogen) atoms. The lowest BCUT2D eigenvalue weighted by Crippen LogP contribution is -2.42. The highest BCUT2D eigenvalue weighted by Crippen LogP contribution is 2.33. The van der Waals surface area contributed by atoms with Crippen LogP contribution >= 0.6 is 0 Å². The Kier molecular flexibility index (Phi) is 4.29. The fraction of sp³-hybridized carbons (Fsp3) is 0.737. The molecule has 0 N–H and O–H groups in total. The van der Waals surface area contributed by atoms with Crippen LogP contribution in [0.25, 0.3) is 0 Å². The molecule has 0 bridgehead atoms. The molecule has 2 amide bonds. The Hall–Kier alpha value is -1.85. The van der Waals surface area contributed by atoms with Crippen LogP contribution in [0.2, 0.25) is 0 Å². The van der Waals surface area contributed by atoms with Gasteiger partial charge in [-0.3, -0.25) is 14.3 Å². The first-order chi connectivity index (χ1) is 12.0. The number of carbonyl (C=O) groups excluding carboxylic acids is 2. The lowest BCUT2D eigenvalue weighted by atomic mass is 10.1. The standard InChI is InChI=1S/C19H28N4O2/c1-13-8-14(2)23(20-13)12-17-4-3-7-22(17)19(25)16-9-18(24)21(11-16)10-15-5-6-15/h8,15-17H,3-7,9-12H2,1-2H3/t16-,17-/m0/s1. The lowest BCUT2D eigenvalue weighted by molar-refractivity contribution is -0.136. The van der Waals surface area contributed by atoms with Gasteiger partial charge in [-0.15, -0.1) is 0 Å². The van der Waals surface area contributed by atoms with E-state index in [1.165, 1.54) is 12.8 Å². The minimum absolute atomic E-state index is 0.146. The number of amides is 2. The summed E-state index contributed by atoms with van der Waals surface area (Å²) >= 11 is 0. The first-order valence-corrected chi connectivity index (χ1v) is 9.60. The van der Waals surface area contributed by atoms with Crippen molar-refractivity contribution < 1.29 is 9.59 Å². The van der Waals surface area contributed by atoms with Crippen molar-refractivity contribution in [1.82, 2.24) is 19.6 Å². The SMILES string of the molecule is Cc1cc(C)n(C[C@@H]2CCCN2C(=O)[C@H]2CC(=O)N(CC3CC3)C2)n1. The van der Waals surface area contributed by atoms with Gasteiger partial charge in [0.1, 0.15) is 0 Å². The molecule has 3 aliphatic rings. The Morgan fingerprint density at radius 1 is 1.24 bits per heavy atom. The monoisotopic (exact) mass is 344 g/mol. The summed E-state index contributed by atoms with van der Waals surface area (Å²) in [5.41, 5.74) is 2.16. The maximum absolute atomic E-state index is 13.0. The largest absolute Gasteiger partial charge is 0.342 e. The van der Waals surface area contributed by atoms with Crippen LogP contribution in [0.5, 0.6) is 0 Å². The van der Waals surface area contributed by atoms with Crippen LogP contribution in [0, 0.1) is 25.7 Å². The molecule has 2 atom stereocenters. The van der Waals surface area contributed by atoms with Crippen LogP contribution in [-0.4, -0.2) is 57.1 Å². The van der Waals surface area contributed by atoms with E-state index in [-0.39, 0.29) is 23.8 Å². The average molecular weight is 344 g/mol. The van der Waals surface area contributed by atoms with E-state index in [9.17, 15) is 9.59 Å². The number of hydrogen-bond donors (Lipinski definition) is 0. The van der Waals surface area contributed by atoms with Crippen molar-refractivity contribution in [2.75, 3.05) is 19.6 Å². The fourth-order valence-electron chi connectivity index (χ4n) is 4.34. The van der Waals surface area contributed by atoms with Gasteiger partial charge in [-0.05, 0) is 51.5 Å². The van der Waals surface area contributed by atoms with Gasteiger partial charge in [-0.25, -0.2) is 0 Å². The number of likely N-dealkylation sites (tertiary alicyclic amines) is 2. The zero-order valence-electron chi connectivity index (χ0n) is 15.3. The van der Waals surface area contributed by atoms with Crippen molar-refractivity contribution in [2.45, 2.75) is 58.5 Å². The van der Waals surface area contributed by atoms with E-state index in [0.717, 1.165) is 43.9 Å². The topological polar surface area (TPSA) is 58.4 Å². The second-order valence-electron chi connectivity index (χ2n) is 8.08. The van der Waals surface area contributed by atoms with Gasteiger partial charge < -0.3 is 9.80 Å². The molecule has 1 aromatic rings. The van der Waals surface area contributed by atoms with Crippen LogP contribution in [-0.2, 0) is 16.1 Å². The summed E-state index contributed by atoms with van der Waals surface area (Å²) in [5.74, 6) is 0.880. The third-order valence-electron chi connectivity index (χ3n) is 5.89. The molecule has 3 heterocycles. The molecule has 3 fully saturated rings. The number of nitrogens with zero attached hydrogens (tertiary/aromatic N) is 4. The average Bonchev–Trinajstić information content (AvgIpc) is 2.98. The van der Waals surface area contributed by atoms with E-state index in [2.05, 4.69) is 18.1 Å². The molecule has 0 spiro atoms. The second-order valence-corrected chi connectivity index (χ2v) is 8.08. The molecule has 4 rings (SSSR count). The van der Waals surface area contributed by atoms with Crippen LogP contribution in [0.1, 0.15) is 43.5 Å². The van der Waals surface area contributed by atoms with E-state index < -0.39 is 0 Å². The zero-order chi connectivity index (χ0) is 17.6. The Bertz CT molecular complexity index is 679. The van der Waals surface area contributed by atoms with Crippen LogP contribution in [0.3, 0.4) is 0 Å². The summed E-state index contributed by atoms with van der Waals surface area (Å²) in [6.45, 7) is 7.12. The van der Waals surface area contributed by atoms with Gasteiger partial charge in [0.2, 0.25) is 11.8 Å². The molecule has 1 saturated carbocycles. The fourth-order valence-corrected chi connectivity index (χ4v) is 4.34. The van der Waals surface area contributed by atoms with Crippen molar-refractivity contribution >= 4 is 11.8 Å². The molecule has 1 aliphatic carbocycles. The molecule has 1 aromatic heterocycles. The lowest BCUT2D eigenvalue weighted by Gasteiger charge is -2.27. The Balaban J connectivity index is 1.40. The molecule has 136 valence electrons. The van der Waals surface area contributed by atoms with Gasteiger partial charge >= 0.3 is 0 Å². The highest BCUT2D eigenvalue weighted by atomic mass is 16.2. The first-order valence-electron chi connectivity index (χ1n) is 9.60. The molecule has 6 nitrogen and oxygen atoms in total. The molecular weight excluding hydrogens is 316 g/mol. The van der Waals surface area contributed by atoms with Gasteiger partial charge in [-0.1, -0.05) is 0 Å². The number of carbonyl (C=O) groups is 2. The van der Waals surface area contributed by atoms with E-state index in [1.54, 1.807) is 0 Å². The number of hydrogen-bond acceptors (Lipinski definition) is 3. The molecule has 2 aliphatic heterocycles. The van der Waals surface area contributed by atoms with E-state index >= 15 is 0 Å². The Morgan fingerprint density at radius 3 is 2.72 bits per heavy atom. The Morgan fingerprint density at radius 2 is 2.04 bits per heavy atom. The molecule has 0 unspecified atom stereocenters. The maximum Gasteiger partial charge on any atom is 0.228 e. The summed E-state index contributed by atoms with van der Waals surface area (Å²) in [4.78, 5) is 29.2. The van der Waals surface area contributed by atoms with E-state index in [1.807, 2.05) is 21.4 Å². The van der Waals surface area contributed by atoms with E-state index in [4.69, 9.17) is 0 Å². The predicted octanol–water partition coefficient (Wildman–Crippen LogP) is 1.75. The Labute approximate surface area is 149 Å². The van der Waals surface area contributed by atoms with Gasteiger partial charge in [0.05, 0.1) is 24.2 Å². The van der Waals surface area contributed by atoms with Crippen molar-refractivity contribution in [3.05, 3.63) is 17.5 Å². The normalized spacial score (nSPS) is 26.7. The van der Waals surface area contributed by atoms with Crippen molar-refractivity contribution in [3.8, 4) is 0 Å². The quantitative estimate of drug-likeness (QED) is 0.818. The summed E-state index contributed by atoms with van der Waals surface area (Å²) in [6, 6.07) is 2.28. The highest BCUT2D eigenvalue weighted by Gasteiger charge is 2.41. The molecule has 0 aromatic carbocycles. The third kappa shape index (κ3) is 3.44. The van der Waals surface area contributed by atoms with Crippen molar-refractivity contribution in [2.24, 2.45) is 11.8 Å². The minimum Gasteiger partial charge on any atom is -0.342 e. The number of aryl methyl sites for hydroxylation is 2.